The Hall–Kier alpha value is -1.43. The summed E-state index contributed by atoms with van der Waals surface area (Å²) in [6.45, 7) is 0.933. The molecule has 5 aliphatic carbocycles. The molecule has 1 N–H and O–H groups in total. The summed E-state index contributed by atoms with van der Waals surface area (Å²) in [4.78, 5) is 32.2. The maximum atomic E-state index is 13.6. The number of carbonyl (C=O) groups is 2. The zero-order valence-electron chi connectivity index (χ0n) is 15.2. The van der Waals surface area contributed by atoms with Crippen LogP contribution < -0.4 is 5.32 Å². The Morgan fingerprint density at radius 2 is 1.81 bits per heavy atom. The number of nitrogens with zero attached hydrogens (tertiary/aromatic N) is 2. The molecule has 4 bridgehead atoms. The van der Waals surface area contributed by atoms with Gasteiger partial charge in [0.25, 0.3) is 0 Å². The summed E-state index contributed by atoms with van der Waals surface area (Å²) < 4.78 is 0. The van der Waals surface area contributed by atoms with Crippen LogP contribution >= 0.6 is 11.3 Å². The topological polar surface area (TPSA) is 62.3 Å². The highest BCUT2D eigenvalue weighted by molar-refractivity contribution is 7.13. The molecule has 0 aromatic carbocycles. The van der Waals surface area contributed by atoms with Crippen molar-refractivity contribution in [1.29, 1.82) is 0 Å². The lowest BCUT2D eigenvalue weighted by molar-refractivity contribution is -0.159. The van der Waals surface area contributed by atoms with Crippen LogP contribution in [0.4, 0.5) is 5.13 Å². The lowest BCUT2D eigenvalue weighted by Gasteiger charge is -2.56. The molecule has 5 fully saturated rings. The number of aromatic nitrogens is 1. The predicted octanol–water partition coefficient (Wildman–Crippen LogP) is 3.54. The van der Waals surface area contributed by atoms with E-state index in [2.05, 4.69) is 10.3 Å². The molecule has 0 radical (unpaired) electrons. The van der Waals surface area contributed by atoms with Crippen LogP contribution in [0.25, 0.3) is 0 Å². The number of thiazole rings is 1. The molecule has 5 saturated carbocycles. The summed E-state index contributed by atoms with van der Waals surface area (Å²) >= 11 is 1.41. The Balaban J connectivity index is 1.32. The zero-order valence-corrected chi connectivity index (χ0v) is 16.0. The minimum Gasteiger partial charge on any atom is -0.333 e. The molecule has 26 heavy (non-hydrogen) atoms. The highest BCUT2D eigenvalue weighted by Crippen LogP contribution is 2.60. The largest absolute Gasteiger partial charge is 0.333 e. The van der Waals surface area contributed by atoms with Gasteiger partial charge in [0.2, 0.25) is 11.8 Å². The van der Waals surface area contributed by atoms with Gasteiger partial charge >= 0.3 is 0 Å². The molecule has 6 heteroatoms. The molecular formula is C20H27N3O2S. The second kappa shape index (κ2) is 6.32. The van der Waals surface area contributed by atoms with Crippen molar-refractivity contribution in [3.05, 3.63) is 11.6 Å². The van der Waals surface area contributed by atoms with Gasteiger partial charge in [0.05, 0.1) is 12.0 Å². The van der Waals surface area contributed by atoms with Crippen LogP contribution in [-0.4, -0.2) is 34.8 Å². The van der Waals surface area contributed by atoms with Crippen molar-refractivity contribution in [3.63, 3.8) is 0 Å². The minimum absolute atomic E-state index is 0.112. The average molecular weight is 374 g/mol. The quantitative estimate of drug-likeness (QED) is 0.830. The lowest BCUT2D eigenvalue weighted by atomic mass is 9.49. The molecule has 1 aromatic rings. The van der Waals surface area contributed by atoms with Crippen molar-refractivity contribution in [3.8, 4) is 0 Å². The Kier molecular flexibility index (Phi) is 4.07. The molecule has 0 unspecified atom stereocenters. The third-order valence-corrected chi connectivity index (χ3v) is 7.66. The second-order valence-corrected chi connectivity index (χ2v) is 10.1. The lowest BCUT2D eigenvalue weighted by Crippen LogP contribution is -2.55. The first-order valence-electron chi connectivity index (χ1n) is 10.1. The molecule has 0 saturated heterocycles. The van der Waals surface area contributed by atoms with Crippen LogP contribution in [0, 0.1) is 29.1 Å². The molecule has 0 aliphatic heterocycles. The van der Waals surface area contributed by atoms with Crippen molar-refractivity contribution in [2.24, 2.45) is 29.1 Å². The SMILES string of the molecule is O=C(CN(CC1CC1)C(=O)C12CC3CC(CC(C3)C1)C2)Nc1nccs1. The Morgan fingerprint density at radius 1 is 1.15 bits per heavy atom. The Morgan fingerprint density at radius 3 is 2.35 bits per heavy atom. The van der Waals surface area contributed by atoms with Gasteiger partial charge < -0.3 is 10.2 Å². The molecule has 2 amide bonds. The predicted molar refractivity (Wildman–Crippen MR) is 101 cm³/mol. The molecular weight excluding hydrogens is 346 g/mol. The molecule has 140 valence electrons. The van der Waals surface area contributed by atoms with E-state index in [0.29, 0.717) is 11.0 Å². The van der Waals surface area contributed by atoms with Gasteiger partial charge in [0, 0.05) is 18.1 Å². The molecule has 0 spiro atoms. The highest BCUT2D eigenvalue weighted by Gasteiger charge is 2.55. The van der Waals surface area contributed by atoms with Crippen LogP contribution in [0.5, 0.6) is 0 Å². The van der Waals surface area contributed by atoms with E-state index in [1.807, 2.05) is 10.3 Å². The Bertz CT molecular complexity index is 663. The van der Waals surface area contributed by atoms with Crippen LogP contribution in [-0.2, 0) is 9.59 Å². The van der Waals surface area contributed by atoms with E-state index in [4.69, 9.17) is 0 Å². The number of amides is 2. The minimum atomic E-state index is -0.162. The summed E-state index contributed by atoms with van der Waals surface area (Å²) in [7, 11) is 0. The van der Waals surface area contributed by atoms with Gasteiger partial charge in [0.15, 0.2) is 5.13 Å². The van der Waals surface area contributed by atoms with Gasteiger partial charge in [-0.1, -0.05) is 0 Å². The average Bonchev–Trinajstić information content (AvgIpc) is 3.26. The second-order valence-electron chi connectivity index (χ2n) is 9.21. The monoisotopic (exact) mass is 373 g/mol. The first kappa shape index (κ1) is 16.7. The van der Waals surface area contributed by atoms with E-state index in [1.54, 1.807) is 6.20 Å². The normalized spacial score (nSPS) is 34.7. The van der Waals surface area contributed by atoms with E-state index in [0.717, 1.165) is 43.6 Å². The van der Waals surface area contributed by atoms with Crippen molar-refractivity contribution in [2.75, 3.05) is 18.4 Å². The van der Waals surface area contributed by atoms with Crippen LogP contribution in [0.15, 0.2) is 11.6 Å². The van der Waals surface area contributed by atoms with E-state index >= 15 is 0 Å². The standard InChI is InChI=1S/C20H27N3O2S/c24-17(22-19-21-3-4-26-19)12-23(11-13-1-2-13)18(25)20-8-14-5-15(9-20)7-16(6-14)10-20/h3-4,13-16H,1-2,5-12H2,(H,21,22,24). The smallest absolute Gasteiger partial charge is 0.245 e. The summed E-state index contributed by atoms with van der Waals surface area (Å²) in [5, 5.41) is 5.31. The fourth-order valence-corrected chi connectivity index (χ4v) is 6.70. The van der Waals surface area contributed by atoms with Gasteiger partial charge in [-0.25, -0.2) is 4.98 Å². The number of hydrogen-bond acceptors (Lipinski definition) is 4. The summed E-state index contributed by atoms with van der Waals surface area (Å²) in [6, 6.07) is 0. The van der Waals surface area contributed by atoms with Gasteiger partial charge in [-0.05, 0) is 75.0 Å². The molecule has 0 atom stereocenters. The van der Waals surface area contributed by atoms with Crippen molar-refractivity contribution in [2.45, 2.75) is 51.4 Å². The van der Waals surface area contributed by atoms with Gasteiger partial charge in [-0.2, -0.15) is 0 Å². The van der Waals surface area contributed by atoms with E-state index in [9.17, 15) is 9.59 Å². The van der Waals surface area contributed by atoms with Crippen LogP contribution in [0.1, 0.15) is 51.4 Å². The summed E-state index contributed by atoms with van der Waals surface area (Å²) in [5.41, 5.74) is -0.162. The molecule has 5 aliphatic rings. The summed E-state index contributed by atoms with van der Waals surface area (Å²) in [5.74, 6) is 3.00. The van der Waals surface area contributed by atoms with E-state index in [1.165, 1.54) is 43.4 Å². The highest BCUT2D eigenvalue weighted by atomic mass is 32.1. The molecule has 6 rings (SSSR count). The van der Waals surface area contributed by atoms with E-state index < -0.39 is 0 Å². The third-order valence-electron chi connectivity index (χ3n) is 6.97. The van der Waals surface area contributed by atoms with Crippen molar-refractivity contribution in [1.82, 2.24) is 9.88 Å². The van der Waals surface area contributed by atoms with Gasteiger partial charge in [-0.15, -0.1) is 11.3 Å². The zero-order chi connectivity index (χ0) is 17.7. The first-order chi connectivity index (χ1) is 12.6. The maximum Gasteiger partial charge on any atom is 0.245 e. The number of carbonyl (C=O) groups excluding carboxylic acids is 2. The van der Waals surface area contributed by atoms with Gasteiger partial charge in [0.1, 0.15) is 0 Å². The number of rotatable bonds is 6. The number of hydrogen-bond donors (Lipinski definition) is 1. The number of nitrogens with one attached hydrogen (secondary N) is 1. The van der Waals surface area contributed by atoms with Crippen LogP contribution in [0.3, 0.4) is 0 Å². The van der Waals surface area contributed by atoms with E-state index in [-0.39, 0.29) is 23.8 Å². The summed E-state index contributed by atoms with van der Waals surface area (Å²) in [6.07, 6.45) is 11.3. The molecule has 5 nitrogen and oxygen atoms in total. The fraction of sp³-hybridized carbons (Fsp3) is 0.750. The fourth-order valence-electron chi connectivity index (χ4n) is 6.16. The Labute approximate surface area is 158 Å². The maximum absolute atomic E-state index is 13.6. The molecule has 1 heterocycles. The van der Waals surface area contributed by atoms with Crippen molar-refractivity contribution >= 4 is 28.3 Å². The number of anilines is 1. The van der Waals surface area contributed by atoms with Crippen molar-refractivity contribution < 1.29 is 9.59 Å². The van der Waals surface area contributed by atoms with Gasteiger partial charge in [-0.3, -0.25) is 9.59 Å². The first-order valence-corrected chi connectivity index (χ1v) is 11.0. The third kappa shape index (κ3) is 3.17. The van der Waals surface area contributed by atoms with Crippen LogP contribution in [0.2, 0.25) is 0 Å². The molecule has 1 aromatic heterocycles.